The van der Waals surface area contributed by atoms with Crippen molar-refractivity contribution in [2.75, 3.05) is 6.54 Å². The van der Waals surface area contributed by atoms with E-state index in [2.05, 4.69) is 17.4 Å². The molecule has 3 nitrogen and oxygen atoms in total. The Morgan fingerprint density at radius 1 is 1.04 bits per heavy atom. The SMILES string of the molecule is C=C(NO)[C@@H](CCCCNCc1ccc(F)cc1)Cc1cc(C)c(F)c(C)c1. The second-order valence-electron chi connectivity index (χ2n) is 7.38. The Kier molecular flexibility index (Phi) is 8.61. The normalized spacial score (nSPS) is 12.0. The highest BCUT2D eigenvalue weighted by atomic mass is 19.1. The fraction of sp³-hybridized carbons (Fsp3) is 0.391. The number of benzene rings is 2. The predicted octanol–water partition coefficient (Wildman–Crippen LogP) is 5.19. The number of hydrogen-bond donors (Lipinski definition) is 3. The van der Waals surface area contributed by atoms with Crippen LogP contribution in [-0.4, -0.2) is 11.8 Å². The lowest BCUT2D eigenvalue weighted by Crippen LogP contribution is -2.19. The largest absolute Gasteiger partial charge is 0.313 e. The number of allylic oxidation sites excluding steroid dienone is 1. The topological polar surface area (TPSA) is 44.3 Å². The summed E-state index contributed by atoms with van der Waals surface area (Å²) in [6.07, 6.45) is 3.54. The van der Waals surface area contributed by atoms with E-state index in [-0.39, 0.29) is 17.6 Å². The average Bonchev–Trinajstić information content (AvgIpc) is 2.68. The van der Waals surface area contributed by atoms with Crippen LogP contribution in [0.1, 0.15) is 41.5 Å². The molecule has 0 aliphatic rings. The number of halogens is 2. The first kappa shape index (κ1) is 22.1. The highest BCUT2D eigenvalue weighted by molar-refractivity contribution is 5.31. The van der Waals surface area contributed by atoms with Gasteiger partial charge in [0.05, 0.1) is 0 Å². The summed E-state index contributed by atoms with van der Waals surface area (Å²) in [5.74, 6) is -0.308. The number of aryl methyl sites for hydroxylation is 2. The van der Waals surface area contributed by atoms with Crippen LogP contribution in [0, 0.1) is 31.4 Å². The monoisotopic (exact) mass is 388 g/mol. The maximum atomic E-state index is 13.8. The van der Waals surface area contributed by atoms with Gasteiger partial charge in [-0.3, -0.25) is 10.7 Å². The van der Waals surface area contributed by atoms with E-state index in [1.54, 1.807) is 26.0 Å². The first-order valence-electron chi connectivity index (χ1n) is 9.70. The summed E-state index contributed by atoms with van der Waals surface area (Å²) in [5, 5.41) is 12.6. The molecule has 152 valence electrons. The summed E-state index contributed by atoms with van der Waals surface area (Å²) in [7, 11) is 0. The Hall–Kier alpha value is -2.24. The summed E-state index contributed by atoms with van der Waals surface area (Å²) >= 11 is 0. The average molecular weight is 389 g/mol. The molecule has 5 heteroatoms. The minimum Gasteiger partial charge on any atom is -0.313 e. The van der Waals surface area contributed by atoms with Crippen molar-refractivity contribution in [3.8, 4) is 0 Å². The van der Waals surface area contributed by atoms with E-state index < -0.39 is 0 Å². The van der Waals surface area contributed by atoms with Crippen LogP contribution in [0.3, 0.4) is 0 Å². The molecule has 0 saturated carbocycles. The zero-order valence-electron chi connectivity index (χ0n) is 16.7. The van der Waals surface area contributed by atoms with E-state index in [4.69, 9.17) is 0 Å². The molecule has 2 aromatic rings. The van der Waals surface area contributed by atoms with Crippen molar-refractivity contribution >= 4 is 0 Å². The second-order valence-corrected chi connectivity index (χ2v) is 7.38. The van der Waals surface area contributed by atoms with Gasteiger partial charge in [-0.1, -0.05) is 37.3 Å². The Bertz CT molecular complexity index is 752. The first-order chi connectivity index (χ1) is 13.4. The predicted molar refractivity (Wildman–Crippen MR) is 109 cm³/mol. The molecule has 0 saturated heterocycles. The molecule has 0 spiro atoms. The van der Waals surface area contributed by atoms with Crippen LogP contribution in [-0.2, 0) is 13.0 Å². The molecule has 1 atom stereocenters. The fourth-order valence-electron chi connectivity index (χ4n) is 3.40. The van der Waals surface area contributed by atoms with Gasteiger partial charge in [-0.2, -0.15) is 0 Å². The molecule has 2 aromatic carbocycles. The van der Waals surface area contributed by atoms with Crippen molar-refractivity contribution in [1.82, 2.24) is 10.8 Å². The van der Waals surface area contributed by atoms with Crippen LogP contribution in [0.4, 0.5) is 8.78 Å². The lowest BCUT2D eigenvalue weighted by molar-refractivity contribution is 0.183. The smallest absolute Gasteiger partial charge is 0.129 e. The van der Waals surface area contributed by atoms with Gasteiger partial charge < -0.3 is 5.32 Å². The molecule has 0 amide bonds. The van der Waals surface area contributed by atoms with Gasteiger partial charge in [-0.15, -0.1) is 0 Å². The number of unbranched alkanes of at least 4 members (excludes halogenated alkanes) is 1. The Balaban J connectivity index is 1.79. The maximum absolute atomic E-state index is 13.8. The zero-order valence-corrected chi connectivity index (χ0v) is 16.7. The lowest BCUT2D eigenvalue weighted by atomic mass is 9.90. The molecule has 0 heterocycles. The third kappa shape index (κ3) is 6.73. The van der Waals surface area contributed by atoms with E-state index in [9.17, 15) is 14.0 Å². The molecule has 28 heavy (non-hydrogen) atoms. The minimum atomic E-state index is -0.223. The van der Waals surface area contributed by atoms with E-state index in [0.29, 0.717) is 29.8 Å². The quantitative estimate of drug-likeness (QED) is 0.366. The van der Waals surface area contributed by atoms with Crippen LogP contribution >= 0.6 is 0 Å². The van der Waals surface area contributed by atoms with Gasteiger partial charge in [0.15, 0.2) is 0 Å². The third-order valence-electron chi connectivity index (χ3n) is 5.01. The van der Waals surface area contributed by atoms with Gasteiger partial charge in [-0.05, 0) is 74.0 Å². The van der Waals surface area contributed by atoms with Crippen LogP contribution in [0.15, 0.2) is 48.7 Å². The standard InChI is InChI=1S/C23H30F2N2O/c1-16-12-20(13-17(2)23(16)25)14-21(18(3)27-28)6-4-5-11-26-15-19-7-9-22(24)10-8-19/h7-10,12-13,21,26-28H,3-6,11,14-15H2,1-2H3/t21-/m0/s1. The summed E-state index contributed by atoms with van der Waals surface area (Å²) in [6.45, 7) is 9.02. The van der Waals surface area contributed by atoms with Crippen molar-refractivity contribution in [1.29, 1.82) is 0 Å². The van der Waals surface area contributed by atoms with Crippen molar-refractivity contribution in [3.05, 3.63) is 82.6 Å². The molecule has 3 N–H and O–H groups in total. The van der Waals surface area contributed by atoms with E-state index >= 15 is 0 Å². The van der Waals surface area contributed by atoms with Crippen molar-refractivity contribution in [2.45, 2.75) is 46.1 Å². The van der Waals surface area contributed by atoms with Crippen LogP contribution in [0.25, 0.3) is 0 Å². The first-order valence-corrected chi connectivity index (χ1v) is 9.70. The molecular formula is C23H30F2N2O. The van der Waals surface area contributed by atoms with E-state index in [1.165, 1.54) is 12.1 Å². The molecular weight excluding hydrogens is 358 g/mol. The number of nitrogens with one attached hydrogen (secondary N) is 2. The molecule has 2 rings (SSSR count). The molecule has 0 fully saturated rings. The summed E-state index contributed by atoms with van der Waals surface area (Å²) in [5.41, 5.74) is 6.15. The van der Waals surface area contributed by atoms with E-state index in [0.717, 1.165) is 36.9 Å². The molecule has 0 radical (unpaired) electrons. The summed E-state index contributed by atoms with van der Waals surface area (Å²) in [6, 6.07) is 10.2. The van der Waals surface area contributed by atoms with Crippen molar-refractivity contribution in [2.24, 2.45) is 5.92 Å². The van der Waals surface area contributed by atoms with Gasteiger partial charge in [0.2, 0.25) is 0 Å². The third-order valence-corrected chi connectivity index (χ3v) is 5.01. The molecule has 0 bridgehead atoms. The lowest BCUT2D eigenvalue weighted by Gasteiger charge is -2.19. The molecule has 0 aromatic heterocycles. The Labute approximate surface area is 166 Å². The Morgan fingerprint density at radius 2 is 1.68 bits per heavy atom. The number of rotatable bonds is 11. The summed E-state index contributed by atoms with van der Waals surface area (Å²) < 4.78 is 26.7. The molecule has 0 unspecified atom stereocenters. The highest BCUT2D eigenvalue weighted by Gasteiger charge is 2.15. The fourth-order valence-corrected chi connectivity index (χ4v) is 3.40. The van der Waals surface area contributed by atoms with Gasteiger partial charge in [0.1, 0.15) is 11.6 Å². The minimum absolute atomic E-state index is 0.0753. The van der Waals surface area contributed by atoms with Crippen LogP contribution in [0.5, 0.6) is 0 Å². The van der Waals surface area contributed by atoms with Crippen LogP contribution in [0.2, 0.25) is 0 Å². The summed E-state index contributed by atoms with van der Waals surface area (Å²) in [4.78, 5) is 0. The molecule has 0 aliphatic carbocycles. The zero-order chi connectivity index (χ0) is 20.5. The molecule has 0 aliphatic heterocycles. The van der Waals surface area contributed by atoms with Crippen LogP contribution < -0.4 is 10.8 Å². The van der Waals surface area contributed by atoms with Gasteiger partial charge >= 0.3 is 0 Å². The van der Waals surface area contributed by atoms with Crippen molar-refractivity contribution < 1.29 is 14.0 Å². The number of hydrogen-bond acceptors (Lipinski definition) is 3. The van der Waals surface area contributed by atoms with Gasteiger partial charge in [-0.25, -0.2) is 8.78 Å². The van der Waals surface area contributed by atoms with Gasteiger partial charge in [0.25, 0.3) is 0 Å². The number of hydroxylamine groups is 1. The van der Waals surface area contributed by atoms with Gasteiger partial charge in [0, 0.05) is 18.2 Å². The maximum Gasteiger partial charge on any atom is 0.129 e. The Morgan fingerprint density at radius 3 is 2.29 bits per heavy atom. The van der Waals surface area contributed by atoms with E-state index in [1.807, 2.05) is 12.1 Å². The van der Waals surface area contributed by atoms with Crippen molar-refractivity contribution in [3.63, 3.8) is 0 Å². The highest BCUT2D eigenvalue weighted by Crippen LogP contribution is 2.23. The second kappa shape index (κ2) is 10.9.